The molecule has 0 unspecified atom stereocenters. The Morgan fingerprint density at radius 3 is 2.55 bits per heavy atom. The second-order valence-electron chi connectivity index (χ2n) is 7.50. The van der Waals surface area contributed by atoms with Gasteiger partial charge in [0.25, 0.3) is 0 Å². The third kappa shape index (κ3) is 3.55. The molecule has 0 heterocycles. The minimum atomic E-state index is -0.532. The maximum atomic E-state index is 12.0. The van der Waals surface area contributed by atoms with Crippen LogP contribution in [-0.2, 0) is 4.74 Å². The highest BCUT2D eigenvalue weighted by atomic mass is 35.5. The first kappa shape index (κ1) is 17.1. The number of benzene rings is 1. The summed E-state index contributed by atoms with van der Waals surface area (Å²) < 4.78 is 5.32. The van der Waals surface area contributed by atoms with E-state index in [0.29, 0.717) is 23.4 Å². The van der Waals surface area contributed by atoms with Gasteiger partial charge in [0, 0.05) is 10.7 Å². The Kier molecular flexibility index (Phi) is 4.46. The smallest absolute Gasteiger partial charge is 0.412 e. The molecule has 2 atom stereocenters. The highest BCUT2D eigenvalue weighted by molar-refractivity contribution is 6.30. The lowest BCUT2D eigenvalue weighted by Gasteiger charge is -2.21. The van der Waals surface area contributed by atoms with E-state index in [0.717, 1.165) is 11.3 Å². The highest BCUT2D eigenvalue weighted by Gasteiger charge is 2.57. The lowest BCUT2D eigenvalue weighted by molar-refractivity contribution is 0.0635. The SMILES string of the molecule is CC(C)(C)OC(=O)Nc1ccc(Cl)cc1[C@@H]1[C@@H](CN)C1(C)C. The quantitative estimate of drug-likeness (QED) is 0.866. The fourth-order valence-electron chi connectivity index (χ4n) is 3.12. The van der Waals surface area contributed by atoms with E-state index in [2.05, 4.69) is 19.2 Å². The van der Waals surface area contributed by atoms with Crippen LogP contribution in [0.5, 0.6) is 0 Å². The first-order valence-electron chi connectivity index (χ1n) is 7.56. The Labute approximate surface area is 137 Å². The van der Waals surface area contributed by atoms with Crippen molar-refractivity contribution in [1.29, 1.82) is 0 Å². The van der Waals surface area contributed by atoms with Gasteiger partial charge >= 0.3 is 6.09 Å². The standard InChI is InChI=1S/C17H25ClN2O2/c1-16(2,3)22-15(21)20-13-7-6-10(18)8-11(13)14-12(9-19)17(14,4)5/h6-8,12,14H,9,19H2,1-5H3,(H,20,21)/t12-,14-/m1/s1. The van der Waals surface area contributed by atoms with Crippen molar-refractivity contribution in [3.8, 4) is 0 Å². The molecule has 1 saturated carbocycles. The van der Waals surface area contributed by atoms with E-state index in [1.54, 1.807) is 6.07 Å². The molecule has 22 heavy (non-hydrogen) atoms. The first-order valence-corrected chi connectivity index (χ1v) is 7.93. The van der Waals surface area contributed by atoms with Crippen molar-refractivity contribution in [3.63, 3.8) is 0 Å². The molecule has 0 spiro atoms. The molecule has 4 nitrogen and oxygen atoms in total. The van der Waals surface area contributed by atoms with Gasteiger partial charge in [-0.15, -0.1) is 0 Å². The number of carbonyl (C=O) groups is 1. The van der Waals surface area contributed by atoms with Crippen molar-refractivity contribution in [1.82, 2.24) is 0 Å². The van der Waals surface area contributed by atoms with Crippen LogP contribution >= 0.6 is 11.6 Å². The molecule has 1 amide bonds. The summed E-state index contributed by atoms with van der Waals surface area (Å²) in [6.45, 7) is 10.5. The predicted molar refractivity (Wildman–Crippen MR) is 90.4 cm³/mol. The van der Waals surface area contributed by atoms with E-state index in [1.165, 1.54) is 0 Å². The highest BCUT2D eigenvalue weighted by Crippen LogP contribution is 2.65. The Morgan fingerprint density at radius 1 is 1.41 bits per heavy atom. The molecule has 0 saturated heterocycles. The van der Waals surface area contributed by atoms with Crippen molar-refractivity contribution >= 4 is 23.4 Å². The molecule has 0 aliphatic heterocycles. The van der Waals surface area contributed by atoms with E-state index in [9.17, 15) is 4.79 Å². The van der Waals surface area contributed by atoms with E-state index in [4.69, 9.17) is 22.1 Å². The topological polar surface area (TPSA) is 64.3 Å². The van der Waals surface area contributed by atoms with Crippen LogP contribution in [0.3, 0.4) is 0 Å². The van der Waals surface area contributed by atoms with Crippen LogP contribution in [0.4, 0.5) is 10.5 Å². The summed E-state index contributed by atoms with van der Waals surface area (Å²) >= 11 is 6.14. The molecule has 0 aromatic heterocycles. The number of hydrogen-bond acceptors (Lipinski definition) is 3. The summed E-state index contributed by atoms with van der Waals surface area (Å²) in [6.07, 6.45) is -0.459. The minimum absolute atomic E-state index is 0.115. The van der Waals surface area contributed by atoms with E-state index >= 15 is 0 Å². The van der Waals surface area contributed by atoms with Gasteiger partial charge in [-0.05, 0) is 68.3 Å². The number of nitrogens with one attached hydrogen (secondary N) is 1. The maximum absolute atomic E-state index is 12.0. The fraction of sp³-hybridized carbons (Fsp3) is 0.588. The Balaban J connectivity index is 2.25. The van der Waals surface area contributed by atoms with Gasteiger partial charge < -0.3 is 10.5 Å². The molecule has 0 radical (unpaired) electrons. The van der Waals surface area contributed by atoms with Crippen LogP contribution in [0.15, 0.2) is 18.2 Å². The molecule has 5 heteroatoms. The molecule has 3 N–H and O–H groups in total. The monoisotopic (exact) mass is 324 g/mol. The number of rotatable bonds is 3. The van der Waals surface area contributed by atoms with E-state index in [-0.39, 0.29) is 5.41 Å². The van der Waals surface area contributed by atoms with Gasteiger partial charge in [0.1, 0.15) is 5.60 Å². The van der Waals surface area contributed by atoms with Crippen LogP contribution in [-0.4, -0.2) is 18.2 Å². The second-order valence-corrected chi connectivity index (χ2v) is 7.94. The van der Waals surface area contributed by atoms with Gasteiger partial charge in [-0.2, -0.15) is 0 Å². The summed E-state index contributed by atoms with van der Waals surface area (Å²) in [6, 6.07) is 5.50. The lowest BCUT2D eigenvalue weighted by atomic mass is 10.0. The van der Waals surface area contributed by atoms with Crippen molar-refractivity contribution in [2.75, 3.05) is 11.9 Å². The van der Waals surface area contributed by atoms with Crippen molar-refractivity contribution in [2.24, 2.45) is 17.1 Å². The van der Waals surface area contributed by atoms with Crippen molar-refractivity contribution < 1.29 is 9.53 Å². The predicted octanol–water partition coefficient (Wildman–Crippen LogP) is 4.39. The number of ether oxygens (including phenoxy) is 1. The largest absolute Gasteiger partial charge is 0.444 e. The molecule has 1 aliphatic rings. The molecule has 122 valence electrons. The molecule has 1 aromatic carbocycles. The number of carbonyl (C=O) groups excluding carboxylic acids is 1. The fourth-order valence-corrected chi connectivity index (χ4v) is 3.30. The number of nitrogens with two attached hydrogens (primary N) is 1. The van der Waals surface area contributed by atoms with Crippen LogP contribution < -0.4 is 11.1 Å². The molecular weight excluding hydrogens is 300 g/mol. The zero-order valence-electron chi connectivity index (χ0n) is 13.9. The number of hydrogen-bond donors (Lipinski definition) is 2. The molecule has 1 aliphatic carbocycles. The number of anilines is 1. The minimum Gasteiger partial charge on any atom is -0.444 e. The van der Waals surface area contributed by atoms with Gasteiger partial charge in [0.15, 0.2) is 0 Å². The van der Waals surface area contributed by atoms with Gasteiger partial charge in [-0.3, -0.25) is 5.32 Å². The molecule has 1 fully saturated rings. The van der Waals surface area contributed by atoms with Gasteiger partial charge in [0.2, 0.25) is 0 Å². The summed E-state index contributed by atoms with van der Waals surface area (Å²) in [5.74, 6) is 0.686. The first-order chi connectivity index (χ1) is 10.1. The average molecular weight is 325 g/mol. The summed E-state index contributed by atoms with van der Waals surface area (Å²) in [5.41, 5.74) is 7.22. The van der Waals surface area contributed by atoms with Gasteiger partial charge in [-0.1, -0.05) is 25.4 Å². The zero-order valence-corrected chi connectivity index (χ0v) is 14.6. The normalized spacial score (nSPS) is 23.0. The average Bonchev–Trinajstić information content (AvgIpc) is 2.90. The second kappa shape index (κ2) is 5.74. The summed E-state index contributed by atoms with van der Waals surface area (Å²) in [5, 5.41) is 3.49. The van der Waals surface area contributed by atoms with E-state index < -0.39 is 11.7 Å². The maximum Gasteiger partial charge on any atom is 0.412 e. The van der Waals surface area contributed by atoms with Crippen LogP contribution in [0.25, 0.3) is 0 Å². The Bertz CT molecular complexity index is 579. The summed E-state index contributed by atoms with van der Waals surface area (Å²) in [7, 11) is 0. The molecular formula is C17H25ClN2O2. The van der Waals surface area contributed by atoms with Crippen molar-refractivity contribution in [3.05, 3.63) is 28.8 Å². The number of halogens is 1. The Morgan fingerprint density at radius 2 is 2.05 bits per heavy atom. The zero-order chi connectivity index (χ0) is 16.7. The Hall–Kier alpha value is -1.26. The lowest BCUT2D eigenvalue weighted by Crippen LogP contribution is -2.27. The molecule has 0 bridgehead atoms. The van der Waals surface area contributed by atoms with Crippen LogP contribution in [0.2, 0.25) is 5.02 Å². The third-order valence-electron chi connectivity index (χ3n) is 4.29. The number of amides is 1. The van der Waals surface area contributed by atoms with Crippen LogP contribution in [0.1, 0.15) is 46.1 Å². The summed E-state index contributed by atoms with van der Waals surface area (Å²) in [4.78, 5) is 12.0. The third-order valence-corrected chi connectivity index (χ3v) is 4.52. The molecule has 2 rings (SSSR count). The van der Waals surface area contributed by atoms with Gasteiger partial charge in [-0.25, -0.2) is 4.79 Å². The molecule has 1 aromatic rings. The van der Waals surface area contributed by atoms with Crippen molar-refractivity contribution in [2.45, 2.75) is 46.1 Å². The van der Waals surface area contributed by atoms with E-state index in [1.807, 2.05) is 32.9 Å². The van der Waals surface area contributed by atoms with Crippen LogP contribution in [0, 0.1) is 11.3 Å². The van der Waals surface area contributed by atoms with Gasteiger partial charge in [0.05, 0.1) is 0 Å².